The summed E-state index contributed by atoms with van der Waals surface area (Å²) in [6.07, 6.45) is -2.04. The number of benzene rings is 2. The van der Waals surface area contributed by atoms with E-state index >= 15 is 0 Å². The van der Waals surface area contributed by atoms with E-state index < -0.39 is 23.2 Å². The number of amides is 2. The minimum absolute atomic E-state index is 0.113. The first kappa shape index (κ1) is 21.7. The summed E-state index contributed by atoms with van der Waals surface area (Å²) < 4.78 is 44.6. The van der Waals surface area contributed by atoms with Gasteiger partial charge in [0.15, 0.2) is 0 Å². The Balaban J connectivity index is 1.56. The van der Waals surface area contributed by atoms with Crippen LogP contribution >= 0.6 is 0 Å². The minimum Gasteiger partial charge on any atom is -0.493 e. The van der Waals surface area contributed by atoms with Crippen molar-refractivity contribution in [2.75, 3.05) is 22.6 Å². The molecule has 3 N–H and O–H groups in total. The third kappa shape index (κ3) is 4.42. The molecule has 0 saturated carbocycles. The van der Waals surface area contributed by atoms with Gasteiger partial charge < -0.3 is 20.7 Å². The first-order valence-electron chi connectivity index (χ1n) is 10.1. The van der Waals surface area contributed by atoms with Crippen molar-refractivity contribution in [3.8, 4) is 5.75 Å². The highest BCUT2D eigenvalue weighted by molar-refractivity contribution is 6.08. The molecule has 0 unspecified atom stereocenters. The first-order chi connectivity index (χ1) is 15.0. The van der Waals surface area contributed by atoms with Crippen molar-refractivity contribution in [3.63, 3.8) is 0 Å². The van der Waals surface area contributed by atoms with E-state index in [2.05, 4.69) is 16.0 Å². The highest BCUT2D eigenvalue weighted by Crippen LogP contribution is 2.38. The molecule has 0 spiro atoms. The van der Waals surface area contributed by atoms with Gasteiger partial charge in [-0.2, -0.15) is 13.2 Å². The van der Waals surface area contributed by atoms with E-state index in [1.165, 1.54) is 12.1 Å². The van der Waals surface area contributed by atoms with Gasteiger partial charge in [0.05, 0.1) is 23.5 Å². The third-order valence-corrected chi connectivity index (χ3v) is 5.36. The zero-order valence-corrected chi connectivity index (χ0v) is 17.5. The van der Waals surface area contributed by atoms with E-state index in [4.69, 9.17) is 4.74 Å². The van der Waals surface area contributed by atoms with Crippen LogP contribution in [0.25, 0.3) is 5.57 Å². The molecule has 2 heterocycles. The van der Waals surface area contributed by atoms with Gasteiger partial charge in [-0.15, -0.1) is 0 Å². The van der Waals surface area contributed by atoms with E-state index in [-0.39, 0.29) is 18.3 Å². The average molecular weight is 445 g/mol. The summed E-state index contributed by atoms with van der Waals surface area (Å²) >= 11 is 0. The second kappa shape index (κ2) is 7.89. The molecule has 2 amide bonds. The van der Waals surface area contributed by atoms with Crippen LogP contribution in [0.3, 0.4) is 0 Å². The van der Waals surface area contributed by atoms with Crippen molar-refractivity contribution in [1.82, 2.24) is 0 Å². The Bertz CT molecular complexity index is 1120. The molecule has 32 heavy (non-hydrogen) atoms. The van der Waals surface area contributed by atoms with Crippen molar-refractivity contribution in [3.05, 3.63) is 53.6 Å². The molecule has 2 aliphatic rings. The van der Waals surface area contributed by atoms with Gasteiger partial charge in [0.2, 0.25) is 11.8 Å². The van der Waals surface area contributed by atoms with Crippen LogP contribution in [0.4, 0.5) is 30.2 Å². The maximum atomic E-state index is 13.0. The fourth-order valence-corrected chi connectivity index (χ4v) is 3.66. The number of fused-ring (bicyclic) bond motifs is 2. The number of allylic oxidation sites excluding steroid dienone is 1. The normalized spacial score (nSPS) is 18.4. The molecule has 0 aliphatic carbocycles. The van der Waals surface area contributed by atoms with Gasteiger partial charge in [0.25, 0.3) is 0 Å². The van der Waals surface area contributed by atoms with Crippen LogP contribution in [0.15, 0.2) is 42.5 Å². The summed E-state index contributed by atoms with van der Waals surface area (Å²) in [4.78, 5) is 24.8. The van der Waals surface area contributed by atoms with Crippen molar-refractivity contribution in [2.24, 2.45) is 0 Å². The van der Waals surface area contributed by atoms with E-state index in [1.54, 1.807) is 32.0 Å². The van der Waals surface area contributed by atoms with E-state index in [0.717, 1.165) is 17.8 Å². The van der Waals surface area contributed by atoms with E-state index in [9.17, 15) is 22.8 Å². The Labute approximate surface area is 182 Å². The Kier molecular flexibility index (Phi) is 5.36. The van der Waals surface area contributed by atoms with Gasteiger partial charge in [-0.1, -0.05) is 6.07 Å². The van der Waals surface area contributed by atoms with Crippen LogP contribution < -0.4 is 20.7 Å². The number of nitrogens with one attached hydrogen (secondary N) is 3. The first-order valence-corrected chi connectivity index (χ1v) is 10.1. The fourth-order valence-electron chi connectivity index (χ4n) is 3.66. The van der Waals surface area contributed by atoms with Crippen LogP contribution in [-0.2, 0) is 15.8 Å². The van der Waals surface area contributed by atoms with Crippen molar-refractivity contribution < 1.29 is 27.5 Å². The van der Waals surface area contributed by atoms with Crippen LogP contribution in [-0.4, -0.2) is 24.0 Å². The number of carbonyl (C=O) groups is 2. The molecule has 9 heteroatoms. The summed E-state index contributed by atoms with van der Waals surface area (Å²) in [7, 11) is 0. The second-order valence-electron chi connectivity index (χ2n) is 8.28. The summed E-state index contributed by atoms with van der Waals surface area (Å²) in [5.41, 5.74) is 1.28. The lowest BCUT2D eigenvalue weighted by atomic mass is 9.99. The lowest BCUT2D eigenvalue weighted by Gasteiger charge is -2.32. The summed E-state index contributed by atoms with van der Waals surface area (Å²) in [5.74, 6) is -0.506. The van der Waals surface area contributed by atoms with E-state index in [1.807, 2.05) is 0 Å². The number of rotatable bonds is 2. The molecule has 2 aromatic carbocycles. The van der Waals surface area contributed by atoms with Crippen LogP contribution in [0, 0.1) is 0 Å². The number of alkyl halides is 3. The molecule has 0 bridgehead atoms. The van der Waals surface area contributed by atoms with Gasteiger partial charge in [-0.05, 0) is 62.6 Å². The molecule has 0 aromatic heterocycles. The Morgan fingerprint density at radius 2 is 1.94 bits per heavy atom. The molecular formula is C23H22F3N3O3. The lowest BCUT2D eigenvalue weighted by Crippen LogP contribution is -2.47. The number of ether oxygens (including phenoxy) is 1. The highest BCUT2D eigenvalue weighted by atomic mass is 19.4. The Morgan fingerprint density at radius 1 is 1.16 bits per heavy atom. The molecule has 2 aromatic rings. The minimum atomic E-state index is -4.47. The van der Waals surface area contributed by atoms with Gasteiger partial charge in [-0.3, -0.25) is 9.59 Å². The SMILES string of the molecule is CC1(C)Nc2ccc(NC(=O)C=C3CCCOc4cc(C(F)(F)F)ccc43)cc2NC1=O. The molecule has 6 nitrogen and oxygen atoms in total. The maximum absolute atomic E-state index is 13.0. The zero-order valence-electron chi connectivity index (χ0n) is 17.5. The smallest absolute Gasteiger partial charge is 0.416 e. The van der Waals surface area contributed by atoms with Crippen molar-refractivity contribution >= 4 is 34.4 Å². The predicted octanol–water partition coefficient (Wildman–Crippen LogP) is 5.04. The number of anilines is 3. The highest BCUT2D eigenvalue weighted by Gasteiger charge is 2.33. The number of hydrogen-bond acceptors (Lipinski definition) is 4. The lowest BCUT2D eigenvalue weighted by molar-refractivity contribution is -0.137. The number of halogens is 3. The van der Waals surface area contributed by atoms with Crippen molar-refractivity contribution in [1.29, 1.82) is 0 Å². The molecule has 0 atom stereocenters. The monoisotopic (exact) mass is 445 g/mol. The molecule has 168 valence electrons. The van der Waals surface area contributed by atoms with Gasteiger partial charge in [0.1, 0.15) is 11.3 Å². The van der Waals surface area contributed by atoms with Gasteiger partial charge in [0, 0.05) is 17.3 Å². The zero-order chi connectivity index (χ0) is 23.1. The molecular weight excluding hydrogens is 423 g/mol. The fraction of sp³-hybridized carbons (Fsp3) is 0.304. The van der Waals surface area contributed by atoms with Gasteiger partial charge >= 0.3 is 6.18 Å². The van der Waals surface area contributed by atoms with Crippen LogP contribution in [0.5, 0.6) is 5.75 Å². The quantitative estimate of drug-likeness (QED) is 0.566. The van der Waals surface area contributed by atoms with Crippen molar-refractivity contribution in [2.45, 2.75) is 38.4 Å². The molecule has 4 rings (SSSR count). The summed E-state index contributed by atoms with van der Waals surface area (Å²) in [5, 5.41) is 8.69. The van der Waals surface area contributed by atoms with E-state index in [0.29, 0.717) is 35.4 Å². The molecule has 0 fully saturated rings. The third-order valence-electron chi connectivity index (χ3n) is 5.36. The molecule has 2 aliphatic heterocycles. The molecule has 0 saturated heterocycles. The maximum Gasteiger partial charge on any atom is 0.416 e. The largest absolute Gasteiger partial charge is 0.493 e. The average Bonchev–Trinajstić information content (AvgIpc) is 2.90. The summed E-state index contributed by atoms with van der Waals surface area (Å²) in [6, 6.07) is 8.39. The molecule has 0 radical (unpaired) electrons. The number of carbonyl (C=O) groups excluding carboxylic acids is 2. The topological polar surface area (TPSA) is 79.5 Å². The Morgan fingerprint density at radius 3 is 2.69 bits per heavy atom. The number of hydrogen-bond donors (Lipinski definition) is 3. The second-order valence-corrected chi connectivity index (χ2v) is 8.28. The predicted molar refractivity (Wildman–Crippen MR) is 116 cm³/mol. The van der Waals surface area contributed by atoms with Crippen LogP contribution in [0.1, 0.15) is 37.8 Å². The standard InChI is InChI=1S/C23H22F3N3O3/c1-22(2)21(31)28-18-12-15(6-8-17(18)29-22)27-20(30)10-13-4-3-9-32-19-11-14(23(24,25)26)5-7-16(13)19/h5-8,10-12,29H,3-4,9H2,1-2H3,(H,27,30)(H,28,31). The summed E-state index contributed by atoms with van der Waals surface area (Å²) in [6.45, 7) is 3.79. The van der Waals surface area contributed by atoms with Gasteiger partial charge in [-0.25, -0.2) is 0 Å². The van der Waals surface area contributed by atoms with Crippen LogP contribution in [0.2, 0.25) is 0 Å². The Hall–Kier alpha value is -3.49.